The number of methoxy groups -OCH3 is 1. The Hall–Kier alpha value is -2.44. The molecule has 0 unspecified atom stereocenters. The number of rotatable bonds is 4. The monoisotopic (exact) mass is 305 g/mol. The molecule has 1 aromatic rings. The maximum atomic E-state index is 12.5. The zero-order valence-electron chi connectivity index (χ0n) is 12.7. The topological polar surface area (TPSA) is 79.8 Å². The Labute approximate surface area is 128 Å². The van der Waals surface area contributed by atoms with Crippen LogP contribution >= 0.6 is 0 Å². The highest BCUT2D eigenvalue weighted by atomic mass is 16.5. The normalized spacial score (nSPS) is 14.1. The number of carbonyl (C=O) groups excluding carboxylic acids is 3. The zero-order valence-corrected chi connectivity index (χ0v) is 12.7. The van der Waals surface area contributed by atoms with Crippen molar-refractivity contribution in [3.63, 3.8) is 0 Å². The maximum absolute atomic E-state index is 12.5. The number of aromatic nitrogens is 1. The van der Waals surface area contributed by atoms with Crippen molar-refractivity contribution in [2.75, 3.05) is 20.2 Å². The molecular weight excluding hydrogens is 286 g/mol. The molecule has 118 valence electrons. The van der Waals surface area contributed by atoms with Gasteiger partial charge >= 0.3 is 5.97 Å². The Balaban J connectivity index is 2.13. The summed E-state index contributed by atoms with van der Waals surface area (Å²) in [6, 6.07) is 2.95. The number of nitrogens with zero attached hydrogens (tertiary/aromatic N) is 3. The van der Waals surface area contributed by atoms with Gasteiger partial charge in [0.2, 0.25) is 5.91 Å². The molecule has 0 aliphatic carbocycles. The van der Waals surface area contributed by atoms with E-state index in [4.69, 9.17) is 0 Å². The van der Waals surface area contributed by atoms with Gasteiger partial charge in [-0.05, 0) is 25.0 Å². The van der Waals surface area contributed by atoms with E-state index in [-0.39, 0.29) is 23.1 Å². The summed E-state index contributed by atoms with van der Waals surface area (Å²) < 4.78 is 4.58. The van der Waals surface area contributed by atoms with Crippen LogP contribution in [0.2, 0.25) is 0 Å². The second-order valence-corrected chi connectivity index (χ2v) is 4.97. The SMILES string of the molecule is CCCC(=O)N1CCCN1C(=O)c1ccc(C(=O)OC)cn1. The predicted molar refractivity (Wildman–Crippen MR) is 77.9 cm³/mol. The first-order chi connectivity index (χ1) is 10.6. The van der Waals surface area contributed by atoms with Crippen LogP contribution in [0.15, 0.2) is 18.3 Å². The van der Waals surface area contributed by atoms with E-state index in [9.17, 15) is 14.4 Å². The van der Waals surface area contributed by atoms with Crippen LogP contribution < -0.4 is 0 Å². The third-order valence-corrected chi connectivity index (χ3v) is 3.42. The van der Waals surface area contributed by atoms with Gasteiger partial charge in [-0.25, -0.2) is 9.80 Å². The second-order valence-electron chi connectivity index (χ2n) is 4.97. The number of carbonyl (C=O) groups is 3. The number of pyridine rings is 1. The van der Waals surface area contributed by atoms with Crippen molar-refractivity contribution in [1.82, 2.24) is 15.0 Å². The lowest BCUT2D eigenvalue weighted by Gasteiger charge is -2.27. The smallest absolute Gasteiger partial charge is 0.339 e. The van der Waals surface area contributed by atoms with Crippen LogP contribution in [0.5, 0.6) is 0 Å². The van der Waals surface area contributed by atoms with Gasteiger partial charge in [0, 0.05) is 25.7 Å². The van der Waals surface area contributed by atoms with E-state index in [2.05, 4.69) is 9.72 Å². The zero-order chi connectivity index (χ0) is 16.1. The van der Waals surface area contributed by atoms with Crippen LogP contribution in [0, 0.1) is 0 Å². The Kier molecular flexibility index (Phi) is 5.08. The number of hydrogen-bond donors (Lipinski definition) is 0. The summed E-state index contributed by atoms with van der Waals surface area (Å²) in [5, 5.41) is 2.92. The fraction of sp³-hybridized carbons (Fsp3) is 0.467. The average Bonchev–Trinajstić information content (AvgIpc) is 3.03. The van der Waals surface area contributed by atoms with E-state index in [0.29, 0.717) is 19.5 Å². The lowest BCUT2D eigenvalue weighted by Crippen LogP contribution is -2.45. The van der Waals surface area contributed by atoms with E-state index in [1.54, 1.807) is 0 Å². The predicted octanol–water partition coefficient (Wildman–Crippen LogP) is 1.26. The summed E-state index contributed by atoms with van der Waals surface area (Å²) in [5.41, 5.74) is 0.475. The number of amides is 2. The largest absolute Gasteiger partial charge is 0.465 e. The van der Waals surface area contributed by atoms with E-state index in [1.165, 1.54) is 35.5 Å². The van der Waals surface area contributed by atoms with Crippen molar-refractivity contribution in [2.24, 2.45) is 0 Å². The lowest BCUT2D eigenvalue weighted by atomic mass is 10.2. The quantitative estimate of drug-likeness (QED) is 0.782. The second kappa shape index (κ2) is 7.02. The minimum absolute atomic E-state index is 0.0560. The van der Waals surface area contributed by atoms with Crippen LogP contribution in [0.1, 0.15) is 47.0 Å². The minimum atomic E-state index is -0.507. The maximum Gasteiger partial charge on any atom is 0.339 e. The van der Waals surface area contributed by atoms with E-state index >= 15 is 0 Å². The fourth-order valence-electron chi connectivity index (χ4n) is 2.32. The van der Waals surface area contributed by atoms with Gasteiger partial charge < -0.3 is 4.74 Å². The molecule has 0 aromatic carbocycles. The number of esters is 1. The molecule has 0 atom stereocenters. The van der Waals surface area contributed by atoms with Crippen LogP contribution in [0.3, 0.4) is 0 Å². The summed E-state index contributed by atoms with van der Waals surface area (Å²) in [6.45, 7) is 2.97. The summed E-state index contributed by atoms with van der Waals surface area (Å²) in [4.78, 5) is 39.8. The number of ether oxygens (including phenoxy) is 1. The molecule has 7 heteroatoms. The number of hydrogen-bond acceptors (Lipinski definition) is 5. The van der Waals surface area contributed by atoms with Crippen molar-refractivity contribution < 1.29 is 19.1 Å². The molecule has 0 spiro atoms. The molecule has 2 rings (SSSR count). The van der Waals surface area contributed by atoms with E-state index in [0.717, 1.165) is 12.8 Å². The van der Waals surface area contributed by atoms with Crippen LogP contribution in [-0.4, -0.2) is 53.0 Å². The summed E-state index contributed by atoms with van der Waals surface area (Å²) in [7, 11) is 1.28. The third-order valence-electron chi connectivity index (χ3n) is 3.42. The molecule has 7 nitrogen and oxygen atoms in total. The highest BCUT2D eigenvalue weighted by Crippen LogP contribution is 2.16. The Morgan fingerprint density at radius 1 is 1.23 bits per heavy atom. The molecule has 1 aromatic heterocycles. The first kappa shape index (κ1) is 15.9. The van der Waals surface area contributed by atoms with Crippen molar-refractivity contribution in [3.8, 4) is 0 Å². The molecule has 2 heterocycles. The van der Waals surface area contributed by atoms with E-state index in [1.807, 2.05) is 6.92 Å². The standard InChI is InChI=1S/C15H19N3O4/c1-3-5-13(19)17-8-4-9-18(17)14(20)12-7-6-11(10-16-12)15(21)22-2/h6-7,10H,3-5,8-9H2,1-2H3. The fourth-order valence-corrected chi connectivity index (χ4v) is 2.32. The van der Waals surface area contributed by atoms with Gasteiger partial charge in [-0.1, -0.05) is 6.92 Å². The summed E-state index contributed by atoms with van der Waals surface area (Å²) >= 11 is 0. The average molecular weight is 305 g/mol. The molecule has 22 heavy (non-hydrogen) atoms. The lowest BCUT2D eigenvalue weighted by molar-refractivity contribution is -0.140. The minimum Gasteiger partial charge on any atom is -0.465 e. The van der Waals surface area contributed by atoms with Gasteiger partial charge in [0.05, 0.1) is 12.7 Å². The molecule has 1 aliphatic rings. The molecule has 1 fully saturated rings. The van der Waals surface area contributed by atoms with Crippen LogP contribution in [0.25, 0.3) is 0 Å². The highest BCUT2D eigenvalue weighted by molar-refractivity contribution is 5.95. The van der Waals surface area contributed by atoms with Gasteiger partial charge in [-0.3, -0.25) is 19.6 Å². The van der Waals surface area contributed by atoms with E-state index < -0.39 is 5.97 Å². The van der Waals surface area contributed by atoms with Crippen LogP contribution in [0.4, 0.5) is 0 Å². The highest BCUT2D eigenvalue weighted by Gasteiger charge is 2.31. The Morgan fingerprint density at radius 3 is 2.55 bits per heavy atom. The van der Waals surface area contributed by atoms with Crippen LogP contribution in [-0.2, 0) is 9.53 Å². The van der Waals surface area contributed by atoms with Gasteiger partial charge in [-0.15, -0.1) is 0 Å². The molecule has 2 amide bonds. The van der Waals surface area contributed by atoms with Crippen molar-refractivity contribution in [2.45, 2.75) is 26.2 Å². The van der Waals surface area contributed by atoms with Gasteiger partial charge in [0.1, 0.15) is 5.69 Å². The Morgan fingerprint density at radius 2 is 1.95 bits per heavy atom. The van der Waals surface area contributed by atoms with Crippen molar-refractivity contribution >= 4 is 17.8 Å². The summed E-state index contributed by atoms with van der Waals surface area (Å²) in [5.74, 6) is -0.898. The molecule has 0 N–H and O–H groups in total. The van der Waals surface area contributed by atoms with Gasteiger partial charge in [-0.2, -0.15) is 0 Å². The van der Waals surface area contributed by atoms with Gasteiger partial charge in [0.25, 0.3) is 5.91 Å². The van der Waals surface area contributed by atoms with Crippen molar-refractivity contribution in [3.05, 3.63) is 29.6 Å². The number of hydrazine groups is 1. The van der Waals surface area contributed by atoms with Gasteiger partial charge in [0.15, 0.2) is 0 Å². The van der Waals surface area contributed by atoms with Crippen molar-refractivity contribution in [1.29, 1.82) is 0 Å². The summed E-state index contributed by atoms with van der Waals surface area (Å²) in [6.07, 6.45) is 3.21. The third kappa shape index (κ3) is 3.24. The molecule has 0 radical (unpaired) electrons. The first-order valence-electron chi connectivity index (χ1n) is 7.25. The molecule has 0 bridgehead atoms. The molecular formula is C15H19N3O4. The first-order valence-corrected chi connectivity index (χ1v) is 7.25. The Bertz CT molecular complexity index is 571. The molecule has 1 saturated heterocycles. The molecule has 1 aliphatic heterocycles. The molecule has 0 saturated carbocycles.